The minimum Gasteiger partial charge on any atom is -0.493 e. The van der Waals surface area contributed by atoms with Crippen molar-refractivity contribution < 1.29 is 19.0 Å². The third kappa shape index (κ3) is 6.26. The van der Waals surface area contributed by atoms with Gasteiger partial charge in [0.2, 0.25) is 0 Å². The van der Waals surface area contributed by atoms with Gasteiger partial charge in [-0.25, -0.2) is 0 Å². The molecule has 8 heteroatoms. The number of methoxy groups -OCH3 is 1. The van der Waals surface area contributed by atoms with Crippen LogP contribution in [0.4, 0.5) is 0 Å². The van der Waals surface area contributed by atoms with Crippen LogP contribution in [-0.4, -0.2) is 50.8 Å². The number of nitrogens with zero attached hydrogens (tertiary/aromatic N) is 1. The first-order chi connectivity index (χ1) is 16.1. The first kappa shape index (κ1) is 23.6. The predicted molar refractivity (Wildman–Crippen MR) is 131 cm³/mol. The Hall–Kier alpha value is -2.58. The molecule has 0 spiro atoms. The third-order valence-corrected chi connectivity index (χ3v) is 6.77. The Labute approximate surface area is 203 Å². The first-order valence-electron chi connectivity index (χ1n) is 10.8. The Morgan fingerprint density at radius 3 is 2.64 bits per heavy atom. The maximum Gasteiger partial charge on any atom is 0.251 e. The van der Waals surface area contributed by atoms with Crippen LogP contribution in [0.3, 0.4) is 0 Å². The highest BCUT2D eigenvalue weighted by Crippen LogP contribution is 2.30. The fourth-order valence-corrected chi connectivity index (χ4v) is 4.73. The minimum absolute atomic E-state index is 0.127. The molecule has 33 heavy (non-hydrogen) atoms. The largest absolute Gasteiger partial charge is 0.493 e. The molecule has 1 amide bonds. The molecule has 0 radical (unpaired) electrons. The van der Waals surface area contributed by atoms with Crippen LogP contribution in [0.2, 0.25) is 5.02 Å². The van der Waals surface area contributed by atoms with Crippen molar-refractivity contribution in [2.45, 2.75) is 12.6 Å². The van der Waals surface area contributed by atoms with Crippen LogP contribution in [0.25, 0.3) is 0 Å². The number of carbonyl (C=O) groups excluding carboxylic acids is 1. The summed E-state index contributed by atoms with van der Waals surface area (Å²) in [6.45, 7) is 4.03. The zero-order valence-electron chi connectivity index (χ0n) is 18.5. The Bertz CT molecular complexity index is 1040. The molecule has 1 aromatic heterocycles. The summed E-state index contributed by atoms with van der Waals surface area (Å²) in [4.78, 5) is 16.5. The van der Waals surface area contributed by atoms with Gasteiger partial charge >= 0.3 is 0 Å². The fourth-order valence-electron chi connectivity index (χ4n) is 3.74. The van der Waals surface area contributed by atoms with Gasteiger partial charge in [0.1, 0.15) is 6.61 Å². The van der Waals surface area contributed by atoms with Gasteiger partial charge < -0.3 is 19.5 Å². The van der Waals surface area contributed by atoms with E-state index in [0.29, 0.717) is 48.5 Å². The summed E-state index contributed by atoms with van der Waals surface area (Å²) >= 11 is 7.64. The third-order valence-electron chi connectivity index (χ3n) is 5.55. The molecule has 4 rings (SSSR count). The van der Waals surface area contributed by atoms with Crippen molar-refractivity contribution in [1.82, 2.24) is 10.2 Å². The second-order valence-corrected chi connectivity index (χ2v) is 9.09. The molecule has 0 bridgehead atoms. The molecule has 0 unspecified atom stereocenters. The summed E-state index contributed by atoms with van der Waals surface area (Å²) in [5, 5.41) is 5.84. The Kier molecular flexibility index (Phi) is 8.23. The van der Waals surface area contributed by atoms with Crippen LogP contribution in [-0.2, 0) is 11.3 Å². The molecular weight excluding hydrogens is 460 g/mol. The quantitative estimate of drug-likeness (QED) is 0.471. The van der Waals surface area contributed by atoms with E-state index in [1.807, 2.05) is 30.3 Å². The second-order valence-electron chi connectivity index (χ2n) is 7.67. The van der Waals surface area contributed by atoms with Crippen LogP contribution in [0, 0.1) is 0 Å². The summed E-state index contributed by atoms with van der Waals surface area (Å²) in [7, 11) is 1.57. The highest BCUT2D eigenvalue weighted by Gasteiger charge is 2.24. The molecule has 2 aromatic carbocycles. The number of nitrogens with one attached hydrogen (secondary N) is 1. The van der Waals surface area contributed by atoms with Crippen molar-refractivity contribution in [3.8, 4) is 11.5 Å². The molecule has 1 aliphatic heterocycles. The van der Waals surface area contributed by atoms with Gasteiger partial charge in [0, 0.05) is 35.1 Å². The van der Waals surface area contributed by atoms with Gasteiger partial charge in [-0.15, -0.1) is 11.3 Å². The molecule has 1 saturated heterocycles. The van der Waals surface area contributed by atoms with Crippen LogP contribution in [0.5, 0.6) is 11.5 Å². The maximum absolute atomic E-state index is 12.9. The average Bonchev–Trinajstić information content (AvgIpc) is 3.39. The average molecular weight is 487 g/mol. The molecule has 6 nitrogen and oxygen atoms in total. The lowest BCUT2D eigenvalue weighted by Gasteiger charge is -2.34. The van der Waals surface area contributed by atoms with Crippen molar-refractivity contribution in [2.75, 3.05) is 40.0 Å². The molecule has 0 saturated carbocycles. The van der Waals surface area contributed by atoms with Crippen LogP contribution in [0.1, 0.15) is 26.8 Å². The minimum atomic E-state index is -0.146. The van der Waals surface area contributed by atoms with Gasteiger partial charge in [-0.05, 0) is 47.3 Å². The number of thiophene rings is 1. The van der Waals surface area contributed by atoms with Crippen LogP contribution >= 0.6 is 22.9 Å². The van der Waals surface area contributed by atoms with Crippen molar-refractivity contribution in [3.63, 3.8) is 0 Å². The first-order valence-corrected chi connectivity index (χ1v) is 12.1. The molecular formula is C25H27ClN2O4S. The van der Waals surface area contributed by atoms with E-state index >= 15 is 0 Å². The van der Waals surface area contributed by atoms with Gasteiger partial charge in [0.15, 0.2) is 11.5 Å². The summed E-state index contributed by atoms with van der Waals surface area (Å²) in [6, 6.07) is 17.0. The molecule has 174 valence electrons. The van der Waals surface area contributed by atoms with Crippen molar-refractivity contribution in [3.05, 3.63) is 81.0 Å². The SMILES string of the molecule is COc1cc(C(=O)NC[C@H](c2cccs2)N2CCOCC2)ccc1OCc1ccc(Cl)cc1. The van der Waals surface area contributed by atoms with Gasteiger partial charge in [0.05, 0.1) is 26.4 Å². The number of benzene rings is 2. The molecule has 1 N–H and O–H groups in total. The van der Waals surface area contributed by atoms with E-state index in [4.69, 9.17) is 25.8 Å². The second kappa shape index (κ2) is 11.5. The molecule has 1 fully saturated rings. The normalized spacial score (nSPS) is 15.1. The van der Waals surface area contributed by atoms with E-state index in [1.165, 1.54) is 4.88 Å². The molecule has 2 heterocycles. The number of amides is 1. The number of hydrogen-bond donors (Lipinski definition) is 1. The van der Waals surface area contributed by atoms with Gasteiger partial charge in [-0.3, -0.25) is 9.69 Å². The highest BCUT2D eigenvalue weighted by atomic mass is 35.5. The number of rotatable bonds is 9. The monoisotopic (exact) mass is 486 g/mol. The predicted octanol–water partition coefficient (Wildman–Crippen LogP) is 4.79. The number of morpholine rings is 1. The molecule has 1 aliphatic rings. The van der Waals surface area contributed by atoms with Gasteiger partial charge in [0.25, 0.3) is 5.91 Å². The standard InChI is InChI=1S/C25H27ClN2O4S/c1-30-23-15-19(6-9-22(23)32-17-18-4-7-20(26)8-5-18)25(29)27-16-21(24-3-2-14-33-24)28-10-12-31-13-11-28/h2-9,14-15,21H,10-13,16-17H2,1H3,(H,27,29)/t21-/m1/s1. The van der Waals surface area contributed by atoms with Crippen molar-refractivity contribution >= 4 is 28.8 Å². The summed E-state index contributed by atoms with van der Waals surface area (Å²) in [5.74, 6) is 0.945. The molecule has 3 aromatic rings. The van der Waals surface area contributed by atoms with E-state index in [0.717, 1.165) is 18.7 Å². The van der Waals surface area contributed by atoms with Gasteiger partial charge in [-0.2, -0.15) is 0 Å². The lowest BCUT2D eigenvalue weighted by atomic mass is 10.1. The molecule has 0 aliphatic carbocycles. The number of hydrogen-bond acceptors (Lipinski definition) is 6. The zero-order chi connectivity index (χ0) is 23.0. The van der Waals surface area contributed by atoms with Crippen molar-refractivity contribution in [1.29, 1.82) is 0 Å². The van der Waals surface area contributed by atoms with Crippen LogP contribution < -0.4 is 14.8 Å². The lowest BCUT2D eigenvalue weighted by Crippen LogP contribution is -2.43. The maximum atomic E-state index is 12.9. The fraction of sp³-hybridized carbons (Fsp3) is 0.320. The smallest absolute Gasteiger partial charge is 0.251 e. The van der Waals surface area contributed by atoms with E-state index < -0.39 is 0 Å². The lowest BCUT2D eigenvalue weighted by molar-refractivity contribution is 0.0169. The van der Waals surface area contributed by atoms with E-state index in [2.05, 4.69) is 21.7 Å². The number of carbonyl (C=O) groups is 1. The number of halogens is 1. The summed E-state index contributed by atoms with van der Waals surface area (Å²) in [5.41, 5.74) is 1.52. The van der Waals surface area contributed by atoms with E-state index in [1.54, 1.807) is 36.6 Å². The van der Waals surface area contributed by atoms with E-state index in [9.17, 15) is 4.79 Å². The van der Waals surface area contributed by atoms with Gasteiger partial charge in [-0.1, -0.05) is 29.8 Å². The topological polar surface area (TPSA) is 60.0 Å². The zero-order valence-corrected chi connectivity index (χ0v) is 20.0. The molecule has 1 atom stereocenters. The Morgan fingerprint density at radius 2 is 1.94 bits per heavy atom. The van der Waals surface area contributed by atoms with E-state index in [-0.39, 0.29) is 11.9 Å². The Balaban J connectivity index is 1.40. The summed E-state index contributed by atoms with van der Waals surface area (Å²) in [6.07, 6.45) is 0. The highest BCUT2D eigenvalue weighted by molar-refractivity contribution is 7.10. The summed E-state index contributed by atoms with van der Waals surface area (Å²) < 4.78 is 16.9. The van der Waals surface area contributed by atoms with Crippen molar-refractivity contribution in [2.24, 2.45) is 0 Å². The number of ether oxygens (including phenoxy) is 3. The van der Waals surface area contributed by atoms with Crippen LogP contribution in [0.15, 0.2) is 60.0 Å². The Morgan fingerprint density at radius 1 is 1.15 bits per heavy atom.